The highest BCUT2D eigenvalue weighted by Crippen LogP contribution is 2.43. The Morgan fingerprint density at radius 2 is 1.82 bits per heavy atom. The number of carbonyl (C=O) groups is 3. The van der Waals surface area contributed by atoms with Crippen LogP contribution in [0.25, 0.3) is 0 Å². The number of aromatic nitrogens is 4. The molecule has 12 heteroatoms. The molecule has 5 rings (SSSR count). The van der Waals surface area contributed by atoms with E-state index in [0.29, 0.717) is 24.4 Å². The summed E-state index contributed by atoms with van der Waals surface area (Å²) in [7, 11) is -3.66. The predicted octanol–water partition coefficient (Wildman–Crippen LogP) is 2.72. The van der Waals surface area contributed by atoms with Crippen molar-refractivity contribution in [3.05, 3.63) is 28.3 Å². The van der Waals surface area contributed by atoms with Gasteiger partial charge in [0.1, 0.15) is 5.92 Å². The average molecular weight is 509 g/mol. The molecule has 0 saturated heterocycles. The standard InChI is InChI=1S/C21H21ClN4O5S2/c1-33(30,31)15-7-6-13(20(29)16-18(27)10-2-3-11(8-10)19(16)28)17(22)14(15)9-32-21-23-24-25-26(21)12-4-5-12/h6-7,10-12,16H,2-5,8-9H2,1H3. The maximum absolute atomic E-state index is 13.3. The Morgan fingerprint density at radius 3 is 2.42 bits per heavy atom. The van der Waals surface area contributed by atoms with Gasteiger partial charge in [0.15, 0.2) is 27.2 Å². The molecule has 2 aromatic rings. The fraction of sp³-hybridized carbons (Fsp3) is 0.524. The summed E-state index contributed by atoms with van der Waals surface area (Å²) in [5.74, 6) is -3.14. The second kappa shape index (κ2) is 8.28. The van der Waals surface area contributed by atoms with E-state index in [0.717, 1.165) is 19.1 Å². The number of halogens is 1. The van der Waals surface area contributed by atoms with Crippen LogP contribution in [0.15, 0.2) is 22.2 Å². The van der Waals surface area contributed by atoms with Crippen LogP contribution in [-0.4, -0.2) is 52.2 Å². The van der Waals surface area contributed by atoms with Crippen LogP contribution in [0.4, 0.5) is 0 Å². The highest BCUT2D eigenvalue weighted by molar-refractivity contribution is 7.98. The lowest BCUT2D eigenvalue weighted by atomic mass is 9.75. The van der Waals surface area contributed by atoms with Crippen LogP contribution in [0.5, 0.6) is 0 Å². The molecule has 1 heterocycles. The Hall–Kier alpha value is -2.11. The van der Waals surface area contributed by atoms with E-state index in [1.165, 1.54) is 23.9 Å². The summed E-state index contributed by atoms with van der Waals surface area (Å²) in [6, 6.07) is 2.86. The highest BCUT2D eigenvalue weighted by Gasteiger charge is 2.50. The molecule has 2 atom stereocenters. The summed E-state index contributed by atoms with van der Waals surface area (Å²) >= 11 is 7.81. The Balaban J connectivity index is 1.50. The van der Waals surface area contributed by atoms with Crippen molar-refractivity contribution in [2.75, 3.05) is 6.26 Å². The maximum Gasteiger partial charge on any atom is 0.209 e. The summed E-state index contributed by atoms with van der Waals surface area (Å²) in [5.41, 5.74) is 0.230. The molecule has 3 aliphatic rings. The van der Waals surface area contributed by atoms with Crippen LogP contribution < -0.4 is 0 Å². The maximum atomic E-state index is 13.3. The van der Waals surface area contributed by atoms with Gasteiger partial charge in [-0.1, -0.05) is 23.4 Å². The van der Waals surface area contributed by atoms with Crippen molar-refractivity contribution in [2.24, 2.45) is 17.8 Å². The Morgan fingerprint density at radius 1 is 1.15 bits per heavy atom. The van der Waals surface area contributed by atoms with Gasteiger partial charge in [0.25, 0.3) is 0 Å². The zero-order valence-electron chi connectivity index (χ0n) is 17.7. The van der Waals surface area contributed by atoms with Crippen molar-refractivity contribution in [1.29, 1.82) is 0 Å². The van der Waals surface area contributed by atoms with Gasteiger partial charge < -0.3 is 0 Å². The zero-order valence-corrected chi connectivity index (χ0v) is 20.1. The summed E-state index contributed by atoms with van der Waals surface area (Å²) in [6.07, 6.45) is 4.77. The van der Waals surface area contributed by atoms with Crippen molar-refractivity contribution in [3.8, 4) is 0 Å². The smallest absolute Gasteiger partial charge is 0.209 e. The number of tetrazole rings is 1. The van der Waals surface area contributed by atoms with E-state index in [1.54, 1.807) is 4.68 Å². The minimum absolute atomic E-state index is 0.00514. The molecule has 3 aliphatic carbocycles. The van der Waals surface area contributed by atoms with E-state index in [1.807, 2.05) is 0 Å². The van der Waals surface area contributed by atoms with Crippen molar-refractivity contribution in [1.82, 2.24) is 20.2 Å². The Bertz CT molecular complexity index is 1270. The number of sulfone groups is 1. The highest BCUT2D eigenvalue weighted by atomic mass is 35.5. The summed E-state index contributed by atoms with van der Waals surface area (Å²) in [5, 5.41) is 12.2. The molecule has 0 radical (unpaired) electrons. The molecule has 174 valence electrons. The zero-order chi connectivity index (χ0) is 23.5. The van der Waals surface area contributed by atoms with Gasteiger partial charge >= 0.3 is 0 Å². The van der Waals surface area contributed by atoms with E-state index < -0.39 is 21.5 Å². The molecule has 3 saturated carbocycles. The van der Waals surface area contributed by atoms with E-state index >= 15 is 0 Å². The molecule has 1 aromatic carbocycles. The monoisotopic (exact) mass is 508 g/mol. The van der Waals surface area contributed by atoms with Crippen molar-refractivity contribution >= 4 is 50.5 Å². The molecular formula is C21H21ClN4O5S2. The molecule has 3 fully saturated rings. The number of fused-ring (bicyclic) bond motifs is 2. The van der Waals surface area contributed by atoms with Crippen molar-refractivity contribution < 1.29 is 22.8 Å². The number of nitrogens with zero attached hydrogens (tertiary/aromatic N) is 4. The largest absolute Gasteiger partial charge is 0.298 e. The second-order valence-electron chi connectivity index (χ2n) is 8.91. The van der Waals surface area contributed by atoms with Gasteiger partial charge in [0.2, 0.25) is 5.16 Å². The van der Waals surface area contributed by atoms with E-state index in [2.05, 4.69) is 15.5 Å². The van der Waals surface area contributed by atoms with Gasteiger partial charge in [-0.2, -0.15) is 0 Å². The first-order chi connectivity index (χ1) is 15.7. The number of hydrogen-bond acceptors (Lipinski definition) is 9. The fourth-order valence-corrected chi connectivity index (χ4v) is 7.24. The Kier molecular flexibility index (Phi) is 5.69. The van der Waals surface area contributed by atoms with Crippen molar-refractivity contribution in [2.45, 2.75) is 54.0 Å². The van der Waals surface area contributed by atoms with Gasteiger partial charge in [0.05, 0.1) is 16.0 Å². The molecule has 0 spiro atoms. The molecule has 9 nitrogen and oxygen atoms in total. The van der Waals surface area contributed by atoms with Gasteiger partial charge in [-0.05, 0) is 54.7 Å². The second-order valence-corrected chi connectivity index (χ2v) is 12.2. The van der Waals surface area contributed by atoms with E-state index in [9.17, 15) is 22.8 Å². The summed E-state index contributed by atoms with van der Waals surface area (Å²) in [4.78, 5) is 38.9. The number of ketones is 3. The number of hydrogen-bond donors (Lipinski definition) is 0. The molecule has 2 bridgehead atoms. The molecule has 2 unspecified atom stereocenters. The molecule has 0 N–H and O–H groups in total. The van der Waals surface area contributed by atoms with Gasteiger partial charge in [-0.25, -0.2) is 13.1 Å². The van der Waals surface area contributed by atoms with Crippen LogP contribution in [0.3, 0.4) is 0 Å². The van der Waals surface area contributed by atoms with Gasteiger partial charge in [-0.3, -0.25) is 14.4 Å². The first-order valence-corrected chi connectivity index (χ1v) is 14.0. The Labute approximate surface area is 199 Å². The minimum Gasteiger partial charge on any atom is -0.298 e. The van der Waals surface area contributed by atoms with Gasteiger partial charge in [-0.15, -0.1) is 5.10 Å². The molecule has 0 aliphatic heterocycles. The van der Waals surface area contributed by atoms with Crippen LogP contribution in [0.2, 0.25) is 5.02 Å². The van der Waals surface area contributed by atoms with Crippen molar-refractivity contribution in [3.63, 3.8) is 0 Å². The lowest BCUT2D eigenvalue weighted by Crippen LogP contribution is -2.41. The average Bonchev–Trinajstić information content (AvgIpc) is 3.32. The third-order valence-corrected chi connectivity index (χ3v) is 9.21. The predicted molar refractivity (Wildman–Crippen MR) is 119 cm³/mol. The molecule has 33 heavy (non-hydrogen) atoms. The van der Waals surface area contributed by atoms with Crippen LogP contribution in [-0.2, 0) is 25.2 Å². The molecule has 0 amide bonds. The molecule has 1 aromatic heterocycles. The lowest BCUT2D eigenvalue weighted by molar-refractivity contribution is -0.137. The van der Waals surface area contributed by atoms with E-state index in [4.69, 9.17) is 11.6 Å². The van der Waals surface area contributed by atoms with Crippen LogP contribution in [0.1, 0.15) is 54.1 Å². The quantitative estimate of drug-likeness (QED) is 0.315. The van der Waals surface area contributed by atoms with Crippen LogP contribution in [0, 0.1) is 17.8 Å². The van der Waals surface area contributed by atoms with Gasteiger partial charge in [0, 0.05) is 35.0 Å². The summed E-state index contributed by atoms with van der Waals surface area (Å²) < 4.78 is 26.6. The molecular weight excluding hydrogens is 488 g/mol. The third-order valence-electron chi connectivity index (χ3n) is 6.63. The fourth-order valence-electron chi connectivity index (χ4n) is 4.77. The first kappa shape index (κ1) is 22.7. The topological polar surface area (TPSA) is 129 Å². The van der Waals surface area contributed by atoms with Crippen LogP contribution >= 0.6 is 23.4 Å². The minimum atomic E-state index is -3.66. The SMILES string of the molecule is CS(=O)(=O)c1ccc(C(=O)C2C(=O)C3CCC(C3)C2=O)c(Cl)c1CSc1nnnn1C1CC1. The number of Topliss-reactive ketones (excluding diaryl/α,β-unsaturated/α-hetero) is 3. The third kappa shape index (κ3) is 4.04. The normalized spacial score (nSPS) is 25.0. The number of carbonyl (C=O) groups excluding carboxylic acids is 3. The lowest BCUT2D eigenvalue weighted by Gasteiger charge is -2.25. The first-order valence-electron chi connectivity index (χ1n) is 10.7. The van der Waals surface area contributed by atoms with E-state index in [-0.39, 0.29) is 56.2 Å². The summed E-state index contributed by atoms with van der Waals surface area (Å²) in [6.45, 7) is 0. The number of thioether (sulfide) groups is 1. The number of benzene rings is 1. The number of rotatable bonds is 7.